The molecule has 2 aliphatic heterocycles. The molecule has 2 aromatic carbocycles. The molecule has 2 heterocycles. The normalized spacial score (nSPS) is 20.3. The lowest BCUT2D eigenvalue weighted by atomic mass is 10.0. The molecule has 1 N–H and O–H groups in total. The highest BCUT2D eigenvalue weighted by Crippen LogP contribution is 2.28. The number of carbonyl (C=O) groups excluding carboxylic acids is 2. The van der Waals surface area contributed by atoms with Crippen molar-refractivity contribution in [2.45, 2.75) is 44.9 Å². The lowest BCUT2D eigenvalue weighted by Crippen LogP contribution is -2.37. The van der Waals surface area contributed by atoms with Crippen molar-refractivity contribution in [3.05, 3.63) is 53.6 Å². The molecular formula is C25H31N3O4S. The van der Waals surface area contributed by atoms with Crippen molar-refractivity contribution in [1.82, 2.24) is 4.31 Å². The summed E-state index contributed by atoms with van der Waals surface area (Å²) in [6, 6.07) is 12.2. The molecule has 1 unspecified atom stereocenters. The Morgan fingerprint density at radius 2 is 1.61 bits per heavy atom. The van der Waals surface area contributed by atoms with Gasteiger partial charge in [-0.2, -0.15) is 4.31 Å². The van der Waals surface area contributed by atoms with Crippen LogP contribution >= 0.6 is 0 Å². The van der Waals surface area contributed by atoms with Crippen molar-refractivity contribution in [3.63, 3.8) is 0 Å². The predicted molar refractivity (Wildman–Crippen MR) is 129 cm³/mol. The minimum Gasteiger partial charge on any atom is -0.326 e. The van der Waals surface area contributed by atoms with Crippen LogP contribution in [0.4, 0.5) is 11.4 Å². The number of nitrogens with zero attached hydrogens (tertiary/aromatic N) is 2. The summed E-state index contributed by atoms with van der Waals surface area (Å²) in [6.07, 6.45) is 1.89. The summed E-state index contributed by atoms with van der Waals surface area (Å²) in [4.78, 5) is 27.3. The number of hydrogen-bond donors (Lipinski definition) is 1. The van der Waals surface area contributed by atoms with Crippen molar-refractivity contribution >= 4 is 33.2 Å². The quantitative estimate of drug-likeness (QED) is 0.723. The third-order valence-corrected chi connectivity index (χ3v) is 8.43. The van der Waals surface area contributed by atoms with Crippen molar-refractivity contribution in [3.8, 4) is 0 Å². The number of piperidine rings is 1. The zero-order chi connectivity index (χ0) is 23.8. The number of sulfonamides is 1. The number of benzene rings is 2. The number of amides is 2. The second kappa shape index (κ2) is 9.27. The highest BCUT2D eigenvalue weighted by atomic mass is 32.2. The first kappa shape index (κ1) is 23.4. The highest BCUT2D eigenvalue weighted by Gasteiger charge is 2.35. The van der Waals surface area contributed by atoms with Crippen molar-refractivity contribution < 1.29 is 18.0 Å². The molecule has 2 amide bonds. The fourth-order valence-electron chi connectivity index (χ4n) is 4.57. The summed E-state index contributed by atoms with van der Waals surface area (Å²) < 4.78 is 27.3. The first-order chi connectivity index (χ1) is 15.6. The largest absolute Gasteiger partial charge is 0.326 e. The Labute approximate surface area is 195 Å². The summed E-state index contributed by atoms with van der Waals surface area (Å²) in [5.74, 6) is -0.229. The molecule has 7 nitrogen and oxygen atoms in total. The van der Waals surface area contributed by atoms with Crippen LogP contribution in [-0.2, 0) is 19.6 Å². The van der Waals surface area contributed by atoms with Gasteiger partial charge in [-0.1, -0.05) is 13.0 Å². The van der Waals surface area contributed by atoms with Crippen LogP contribution in [0, 0.1) is 25.7 Å². The van der Waals surface area contributed by atoms with E-state index in [1.165, 1.54) is 16.4 Å². The van der Waals surface area contributed by atoms with Gasteiger partial charge in [-0.15, -0.1) is 0 Å². The maximum absolute atomic E-state index is 12.9. The monoisotopic (exact) mass is 469 g/mol. The summed E-state index contributed by atoms with van der Waals surface area (Å²) in [5.41, 5.74) is 3.47. The molecule has 0 aliphatic carbocycles. The van der Waals surface area contributed by atoms with Crippen LogP contribution in [-0.4, -0.2) is 44.2 Å². The van der Waals surface area contributed by atoms with Crippen LogP contribution in [0.5, 0.6) is 0 Å². The van der Waals surface area contributed by atoms with Gasteiger partial charge < -0.3 is 10.2 Å². The van der Waals surface area contributed by atoms with Gasteiger partial charge in [0.2, 0.25) is 21.8 Å². The molecule has 8 heteroatoms. The van der Waals surface area contributed by atoms with E-state index in [4.69, 9.17) is 0 Å². The summed E-state index contributed by atoms with van der Waals surface area (Å²) in [5, 5.41) is 2.84. The molecule has 0 radical (unpaired) electrons. The van der Waals surface area contributed by atoms with Gasteiger partial charge in [-0.25, -0.2) is 8.42 Å². The molecule has 2 aromatic rings. The third kappa shape index (κ3) is 5.12. The third-order valence-electron chi connectivity index (χ3n) is 6.52. The topological polar surface area (TPSA) is 86.8 Å². The van der Waals surface area contributed by atoms with E-state index in [1.807, 2.05) is 32.0 Å². The maximum Gasteiger partial charge on any atom is 0.243 e. The Morgan fingerprint density at radius 3 is 2.21 bits per heavy atom. The Morgan fingerprint density at radius 1 is 1.00 bits per heavy atom. The van der Waals surface area contributed by atoms with E-state index in [1.54, 1.807) is 17.0 Å². The predicted octanol–water partition coefficient (Wildman–Crippen LogP) is 3.72. The van der Waals surface area contributed by atoms with Crippen LogP contribution < -0.4 is 10.2 Å². The molecule has 33 heavy (non-hydrogen) atoms. The molecule has 1 atom stereocenters. The van der Waals surface area contributed by atoms with E-state index in [9.17, 15) is 18.0 Å². The standard InChI is InChI=1S/C25H31N3O4S/c1-17-8-10-27(11-9-17)33(31,32)23-6-4-21(5-7-23)26-25(30)20-15-24(29)28(16-20)22-13-18(2)12-19(3)14-22/h4-7,12-14,17,20H,8-11,15-16H2,1-3H3,(H,26,30). The molecule has 0 saturated carbocycles. The van der Waals surface area contributed by atoms with E-state index in [0.29, 0.717) is 31.2 Å². The van der Waals surface area contributed by atoms with Crippen LogP contribution in [0.25, 0.3) is 0 Å². The molecule has 2 saturated heterocycles. The van der Waals surface area contributed by atoms with Gasteiger partial charge >= 0.3 is 0 Å². The lowest BCUT2D eigenvalue weighted by Gasteiger charge is -2.29. The van der Waals surface area contributed by atoms with E-state index in [2.05, 4.69) is 12.2 Å². The van der Waals surface area contributed by atoms with Crippen molar-refractivity contribution in [2.75, 3.05) is 29.9 Å². The molecule has 176 valence electrons. The van der Waals surface area contributed by atoms with E-state index in [-0.39, 0.29) is 23.1 Å². The molecule has 0 aromatic heterocycles. The maximum atomic E-state index is 12.9. The average Bonchev–Trinajstić information content (AvgIpc) is 3.16. The van der Waals surface area contributed by atoms with E-state index < -0.39 is 15.9 Å². The second-order valence-electron chi connectivity index (χ2n) is 9.35. The summed E-state index contributed by atoms with van der Waals surface area (Å²) in [7, 11) is -3.53. The molecular weight excluding hydrogens is 438 g/mol. The molecule has 0 bridgehead atoms. The number of anilines is 2. The van der Waals surface area contributed by atoms with Crippen LogP contribution in [0.15, 0.2) is 47.4 Å². The van der Waals surface area contributed by atoms with Gasteiger partial charge in [0.05, 0.1) is 10.8 Å². The minimum atomic E-state index is -3.53. The Bertz CT molecular complexity index is 1130. The summed E-state index contributed by atoms with van der Waals surface area (Å²) in [6.45, 7) is 7.50. The average molecular weight is 470 g/mol. The number of aryl methyl sites for hydroxylation is 2. The zero-order valence-electron chi connectivity index (χ0n) is 19.4. The smallest absolute Gasteiger partial charge is 0.243 e. The van der Waals surface area contributed by atoms with Gasteiger partial charge in [-0.05, 0) is 80.1 Å². The van der Waals surface area contributed by atoms with Crippen LogP contribution in [0.3, 0.4) is 0 Å². The number of carbonyl (C=O) groups is 2. The van der Waals surface area contributed by atoms with Crippen LogP contribution in [0.2, 0.25) is 0 Å². The first-order valence-electron chi connectivity index (χ1n) is 11.4. The fraction of sp³-hybridized carbons (Fsp3) is 0.440. The SMILES string of the molecule is Cc1cc(C)cc(N2CC(C(=O)Nc3ccc(S(=O)(=O)N4CCC(C)CC4)cc3)CC2=O)c1. The van der Waals surface area contributed by atoms with Gasteiger partial charge in [0.25, 0.3) is 0 Å². The Kier molecular flexibility index (Phi) is 6.59. The van der Waals surface area contributed by atoms with Gasteiger partial charge in [0.15, 0.2) is 0 Å². The zero-order valence-corrected chi connectivity index (χ0v) is 20.2. The second-order valence-corrected chi connectivity index (χ2v) is 11.3. The van der Waals surface area contributed by atoms with Crippen molar-refractivity contribution in [2.24, 2.45) is 11.8 Å². The molecule has 4 rings (SSSR count). The van der Waals surface area contributed by atoms with Crippen molar-refractivity contribution in [1.29, 1.82) is 0 Å². The fourth-order valence-corrected chi connectivity index (χ4v) is 6.04. The Hall–Kier alpha value is -2.71. The van der Waals surface area contributed by atoms with E-state index in [0.717, 1.165) is 29.7 Å². The Balaban J connectivity index is 1.40. The summed E-state index contributed by atoms with van der Waals surface area (Å²) >= 11 is 0. The molecule has 0 spiro atoms. The van der Waals surface area contributed by atoms with E-state index >= 15 is 0 Å². The van der Waals surface area contributed by atoms with Gasteiger partial charge in [0, 0.05) is 37.4 Å². The minimum absolute atomic E-state index is 0.0718. The van der Waals surface area contributed by atoms with Gasteiger partial charge in [0.1, 0.15) is 0 Å². The lowest BCUT2D eigenvalue weighted by molar-refractivity contribution is -0.122. The number of hydrogen-bond acceptors (Lipinski definition) is 4. The van der Waals surface area contributed by atoms with Gasteiger partial charge in [-0.3, -0.25) is 9.59 Å². The highest BCUT2D eigenvalue weighted by molar-refractivity contribution is 7.89. The molecule has 2 fully saturated rings. The number of nitrogens with one attached hydrogen (secondary N) is 1. The van der Waals surface area contributed by atoms with Crippen LogP contribution in [0.1, 0.15) is 37.3 Å². The first-order valence-corrected chi connectivity index (χ1v) is 12.9. The number of rotatable bonds is 5. The molecule has 2 aliphatic rings.